The average molecular weight is 1030 g/mol. The lowest BCUT2D eigenvalue weighted by Gasteiger charge is -2.45. The second-order valence-electron chi connectivity index (χ2n) is 18.9. The van der Waals surface area contributed by atoms with Gasteiger partial charge < -0.3 is 30.1 Å². The van der Waals surface area contributed by atoms with Gasteiger partial charge in [-0.2, -0.15) is 4.98 Å². The van der Waals surface area contributed by atoms with Crippen LogP contribution in [0.3, 0.4) is 0 Å². The highest BCUT2D eigenvalue weighted by Gasteiger charge is 2.40. The van der Waals surface area contributed by atoms with Crippen LogP contribution in [0, 0.1) is 5.92 Å². The molecule has 4 aliphatic heterocycles. The first-order valence-corrected chi connectivity index (χ1v) is 27.4. The molecule has 4 amide bonds. The maximum atomic E-state index is 13.3. The summed E-state index contributed by atoms with van der Waals surface area (Å²) in [5, 5.41) is 10.3. The van der Waals surface area contributed by atoms with Gasteiger partial charge in [0, 0.05) is 118 Å². The van der Waals surface area contributed by atoms with Crippen LogP contribution in [0.2, 0.25) is 0 Å². The molecule has 2 aromatic heterocycles. The molecule has 9 rings (SSSR count). The fraction of sp³-hybridized carbons (Fsp3) is 0.451. The number of anilines is 6. The average Bonchev–Trinajstić information content (AvgIpc) is 3.61. The number of aromatic nitrogens is 4. The number of carbonyl (C=O) groups is 4. The molecule has 0 radical (unpaired) electrons. The van der Waals surface area contributed by atoms with E-state index in [1.165, 1.54) is 16.2 Å². The molecule has 0 bridgehead atoms. The molecule has 3 aromatic carbocycles. The second kappa shape index (κ2) is 21.7. The van der Waals surface area contributed by atoms with E-state index in [9.17, 15) is 19.2 Å². The number of fused-ring (bicyclic) bond motifs is 2. The lowest BCUT2D eigenvalue weighted by Crippen LogP contribution is -2.54. The predicted octanol–water partition coefficient (Wildman–Crippen LogP) is 6.76. The number of piperazine rings is 1. The molecule has 3 N–H and O–H groups in total. The lowest BCUT2D eigenvalue weighted by atomic mass is 9.94. The van der Waals surface area contributed by atoms with E-state index in [1.807, 2.05) is 24.3 Å². The summed E-state index contributed by atoms with van der Waals surface area (Å²) in [6.07, 6.45) is 10.1. The first-order chi connectivity index (χ1) is 33.9. The van der Waals surface area contributed by atoms with Crippen molar-refractivity contribution in [2.75, 3.05) is 99.8 Å². The Morgan fingerprint density at radius 2 is 1.67 bits per heavy atom. The molecular formula is C51H62BrN12O5P. The van der Waals surface area contributed by atoms with Gasteiger partial charge in [0.1, 0.15) is 11.6 Å². The third-order valence-electron chi connectivity index (χ3n) is 14.3. The molecule has 4 aliphatic rings. The van der Waals surface area contributed by atoms with E-state index in [-0.39, 0.29) is 24.7 Å². The van der Waals surface area contributed by atoms with E-state index in [1.54, 1.807) is 38.7 Å². The number of hydrogen-bond donors (Lipinski definition) is 3. The van der Waals surface area contributed by atoms with Gasteiger partial charge in [-0.15, -0.1) is 0 Å². The Hall–Kier alpha value is -5.81. The van der Waals surface area contributed by atoms with Gasteiger partial charge in [-0.25, -0.2) is 4.98 Å². The molecule has 6 heterocycles. The number of halogens is 1. The standard InChI is InChI=1S/C51H62BrN12O5P/c1-6-34-25-42(58-51-55-28-39(52)48(59-51)57-41-11-10-40-46(47(41)70(4)5)54-17-16-53-40)44(69-3)27-43(34)62-19-14-35(15-20-62)61-23-21-60(22-24-61)18-13-33-29-63(30-33)36-8-9-37-38(26-36)50(68)64(49(37)67)32(2)7-12-45(66)56-31-65/h8-11,16-17,25-28,31-33,35H,6-7,12-15,18-24,29-30H2,1-5H3,(H,56,65,66)(H2,55,57,58,59). The number of carbonyl (C=O) groups excluding carboxylic acids is 4. The zero-order valence-electron chi connectivity index (χ0n) is 40.6. The number of imide groups is 2. The summed E-state index contributed by atoms with van der Waals surface area (Å²) < 4.78 is 6.74. The molecule has 0 saturated carbocycles. The minimum Gasteiger partial charge on any atom is -0.494 e. The van der Waals surface area contributed by atoms with Crippen molar-refractivity contribution >= 4 is 98.8 Å². The van der Waals surface area contributed by atoms with E-state index < -0.39 is 19.9 Å². The highest BCUT2D eigenvalue weighted by Crippen LogP contribution is 2.39. The van der Waals surface area contributed by atoms with Gasteiger partial charge in [0.05, 0.1) is 39.4 Å². The van der Waals surface area contributed by atoms with Crippen LogP contribution < -0.4 is 35.8 Å². The first-order valence-electron chi connectivity index (χ1n) is 24.3. The highest BCUT2D eigenvalue weighted by molar-refractivity contribution is 9.10. The van der Waals surface area contributed by atoms with Crippen molar-refractivity contribution in [1.29, 1.82) is 0 Å². The zero-order valence-corrected chi connectivity index (χ0v) is 43.1. The molecule has 3 saturated heterocycles. The maximum Gasteiger partial charge on any atom is 0.261 e. The number of benzene rings is 3. The SMILES string of the molecule is CCc1cc(Nc2ncc(Br)c(Nc3ccc4nccnc4c3P(C)C)n2)c(OC)cc1N1CCC(N2CCN(CCC3CN(c4ccc5c(c4)C(=O)N(C(C)CCC(=O)NC=O)C5=O)C3)CC2)CC1. The van der Waals surface area contributed by atoms with Crippen LogP contribution in [0.25, 0.3) is 11.0 Å². The summed E-state index contributed by atoms with van der Waals surface area (Å²) in [6, 6.07) is 14.0. The summed E-state index contributed by atoms with van der Waals surface area (Å²) in [5.74, 6) is 1.33. The Morgan fingerprint density at radius 3 is 2.40 bits per heavy atom. The third kappa shape index (κ3) is 10.5. The van der Waals surface area contributed by atoms with Gasteiger partial charge in [-0.05, 0) is 123 Å². The summed E-state index contributed by atoms with van der Waals surface area (Å²) in [6.45, 7) is 17.7. The van der Waals surface area contributed by atoms with E-state index in [4.69, 9.17) is 9.72 Å². The van der Waals surface area contributed by atoms with Gasteiger partial charge in [0.25, 0.3) is 11.8 Å². The number of piperidine rings is 1. The number of rotatable bonds is 18. The molecule has 5 aromatic rings. The van der Waals surface area contributed by atoms with Gasteiger partial charge in [0.15, 0.2) is 0 Å². The lowest BCUT2D eigenvalue weighted by molar-refractivity contribution is -0.125. The number of nitrogens with one attached hydrogen (secondary N) is 3. The molecule has 0 spiro atoms. The summed E-state index contributed by atoms with van der Waals surface area (Å²) in [4.78, 5) is 78.9. The predicted molar refractivity (Wildman–Crippen MR) is 280 cm³/mol. The Balaban J connectivity index is 0.735. The monoisotopic (exact) mass is 1030 g/mol. The van der Waals surface area contributed by atoms with Crippen molar-refractivity contribution in [1.82, 2.24) is 40.0 Å². The Morgan fingerprint density at radius 1 is 0.914 bits per heavy atom. The number of hydrogen-bond acceptors (Lipinski definition) is 15. The largest absolute Gasteiger partial charge is 0.494 e. The third-order valence-corrected chi connectivity index (χ3v) is 16.3. The smallest absolute Gasteiger partial charge is 0.261 e. The van der Waals surface area contributed by atoms with Crippen molar-refractivity contribution in [2.24, 2.45) is 5.92 Å². The molecule has 1 atom stereocenters. The molecule has 17 nitrogen and oxygen atoms in total. The Bertz CT molecular complexity index is 2760. The van der Waals surface area contributed by atoms with Crippen molar-refractivity contribution in [3.05, 3.63) is 82.2 Å². The summed E-state index contributed by atoms with van der Waals surface area (Å²) in [5.41, 5.74) is 7.78. The number of ether oxygens (including phenoxy) is 1. The zero-order chi connectivity index (χ0) is 49.1. The van der Waals surface area contributed by atoms with Gasteiger partial charge in [-0.1, -0.05) is 14.8 Å². The second-order valence-corrected chi connectivity index (χ2v) is 22.0. The Kier molecular flexibility index (Phi) is 15.2. The van der Waals surface area contributed by atoms with E-state index in [0.717, 1.165) is 128 Å². The van der Waals surface area contributed by atoms with Gasteiger partial charge in [-0.3, -0.25) is 44.3 Å². The van der Waals surface area contributed by atoms with Crippen LogP contribution in [-0.2, 0) is 16.0 Å². The maximum absolute atomic E-state index is 13.3. The summed E-state index contributed by atoms with van der Waals surface area (Å²) >= 11 is 3.66. The fourth-order valence-electron chi connectivity index (χ4n) is 10.4. The van der Waals surface area contributed by atoms with Gasteiger partial charge >= 0.3 is 0 Å². The number of nitrogens with zero attached hydrogens (tertiary/aromatic N) is 9. The van der Waals surface area contributed by atoms with Gasteiger partial charge in [0.2, 0.25) is 18.3 Å². The molecule has 0 aliphatic carbocycles. The van der Waals surface area contributed by atoms with Crippen molar-refractivity contribution < 1.29 is 23.9 Å². The quantitative estimate of drug-likeness (QED) is 0.0476. The molecule has 19 heteroatoms. The van der Waals surface area contributed by atoms with Crippen LogP contribution in [0.4, 0.5) is 34.5 Å². The molecule has 70 heavy (non-hydrogen) atoms. The van der Waals surface area contributed by atoms with E-state index >= 15 is 0 Å². The molecule has 1 unspecified atom stereocenters. The van der Waals surface area contributed by atoms with Crippen molar-refractivity contribution in [3.63, 3.8) is 0 Å². The number of amides is 4. The van der Waals surface area contributed by atoms with E-state index in [2.05, 4.69) is 98.8 Å². The minimum atomic E-state index is -0.500. The first kappa shape index (κ1) is 49.2. The van der Waals surface area contributed by atoms with Crippen LogP contribution in [0.5, 0.6) is 5.75 Å². The van der Waals surface area contributed by atoms with Crippen LogP contribution in [0.1, 0.15) is 72.2 Å². The fourth-order valence-corrected chi connectivity index (χ4v) is 11.9. The molecule has 368 valence electrons. The van der Waals surface area contributed by atoms with Crippen LogP contribution >= 0.6 is 23.9 Å². The Labute approximate surface area is 419 Å². The molecule has 3 fully saturated rings. The minimum absolute atomic E-state index is 0.0501. The van der Waals surface area contributed by atoms with Crippen LogP contribution in [0.15, 0.2) is 65.5 Å². The topological polar surface area (TPSA) is 181 Å². The van der Waals surface area contributed by atoms with E-state index in [0.29, 0.717) is 41.3 Å². The van der Waals surface area contributed by atoms with Crippen molar-refractivity contribution in [3.8, 4) is 5.75 Å². The normalized spacial score (nSPS) is 17.5. The van der Waals surface area contributed by atoms with Crippen LogP contribution in [-0.4, -0.2) is 150 Å². The van der Waals surface area contributed by atoms with Crippen molar-refractivity contribution in [2.45, 2.75) is 64.5 Å². The number of methoxy groups -OCH3 is 1. The number of aryl methyl sites for hydroxylation is 1. The summed E-state index contributed by atoms with van der Waals surface area (Å²) in [7, 11) is 1.21. The highest BCUT2D eigenvalue weighted by atomic mass is 79.9. The molecular weight excluding hydrogens is 972 g/mol.